The lowest BCUT2D eigenvalue weighted by molar-refractivity contribution is 0.217. The number of amides is 2. The highest BCUT2D eigenvalue weighted by Crippen LogP contribution is 2.18. The fraction of sp³-hybridized carbons (Fsp3) is 0.571. The number of nitrogens with one attached hydrogen (secondary N) is 3. The Hall–Kier alpha value is -1.73. The van der Waals surface area contributed by atoms with Crippen LogP contribution < -0.4 is 16.2 Å². The van der Waals surface area contributed by atoms with E-state index in [1.165, 1.54) is 18.3 Å². The highest BCUT2D eigenvalue weighted by atomic mass is 19.1. The molecule has 0 bridgehead atoms. The number of aromatic nitrogens is 1. The molecule has 3 N–H and O–H groups in total. The zero-order valence-electron chi connectivity index (χ0n) is 12.6. The van der Waals surface area contributed by atoms with E-state index in [-0.39, 0.29) is 6.03 Å². The lowest BCUT2D eigenvalue weighted by Gasteiger charge is -2.23. The number of hydrogen-bond donors (Lipinski definition) is 3. The number of hydrogen-bond acceptors (Lipinski definition) is 4. The van der Waals surface area contributed by atoms with Crippen LogP contribution in [-0.4, -0.2) is 41.6 Å². The number of halogens is 1. The molecule has 1 saturated heterocycles. The predicted molar refractivity (Wildman–Crippen MR) is 79.1 cm³/mol. The van der Waals surface area contributed by atoms with Gasteiger partial charge in [0.2, 0.25) is 5.95 Å². The van der Waals surface area contributed by atoms with Crippen LogP contribution in [0.1, 0.15) is 20.3 Å². The third-order valence-electron chi connectivity index (χ3n) is 3.95. The molecule has 0 aliphatic carbocycles. The molecule has 21 heavy (non-hydrogen) atoms. The van der Waals surface area contributed by atoms with Gasteiger partial charge in [0.1, 0.15) is 0 Å². The first kappa shape index (κ1) is 15.7. The molecule has 1 aromatic rings. The Morgan fingerprint density at radius 3 is 2.62 bits per heavy atom. The lowest BCUT2D eigenvalue weighted by Crippen LogP contribution is -2.35. The van der Waals surface area contributed by atoms with Crippen molar-refractivity contribution in [2.24, 2.45) is 5.92 Å². The summed E-state index contributed by atoms with van der Waals surface area (Å²) < 4.78 is 12.7. The van der Waals surface area contributed by atoms with E-state index in [1.54, 1.807) is 11.9 Å². The molecule has 2 atom stereocenters. The van der Waals surface area contributed by atoms with Crippen molar-refractivity contribution in [1.82, 2.24) is 20.7 Å². The lowest BCUT2D eigenvalue weighted by atomic mass is 9.93. The van der Waals surface area contributed by atoms with E-state index in [1.807, 2.05) is 0 Å². The molecule has 0 saturated carbocycles. The molecule has 2 amide bonds. The van der Waals surface area contributed by atoms with Crippen LogP contribution in [0.2, 0.25) is 0 Å². The van der Waals surface area contributed by atoms with Crippen LogP contribution in [0.3, 0.4) is 0 Å². The number of carbonyl (C=O) groups excluding carboxylic acids is 1. The predicted octanol–water partition coefficient (Wildman–Crippen LogP) is 1.58. The Kier molecular flexibility index (Phi) is 5.08. The summed E-state index contributed by atoms with van der Waals surface area (Å²) in [5.74, 6) is -0.0849. The number of nitrogens with zero attached hydrogens (tertiary/aromatic N) is 2. The van der Waals surface area contributed by atoms with Gasteiger partial charge in [-0.15, -0.1) is 0 Å². The van der Waals surface area contributed by atoms with Crippen LogP contribution in [0.25, 0.3) is 0 Å². The Balaban J connectivity index is 1.81. The minimum absolute atomic E-state index is 0.220. The van der Waals surface area contributed by atoms with Gasteiger partial charge in [-0.2, -0.15) is 4.39 Å². The maximum Gasteiger partial charge on any atom is 0.321 e. The summed E-state index contributed by atoms with van der Waals surface area (Å²) in [7, 11) is 1.75. The van der Waals surface area contributed by atoms with Crippen LogP contribution >= 0.6 is 0 Å². The molecule has 7 heteroatoms. The normalized spacial score (nSPS) is 24.9. The van der Waals surface area contributed by atoms with Crippen molar-refractivity contribution < 1.29 is 9.18 Å². The van der Waals surface area contributed by atoms with E-state index in [4.69, 9.17) is 0 Å². The van der Waals surface area contributed by atoms with Crippen molar-refractivity contribution in [1.29, 1.82) is 0 Å². The summed E-state index contributed by atoms with van der Waals surface area (Å²) in [5.41, 5.74) is 6.89. The minimum Gasteiger partial charge on any atom is -0.328 e. The molecule has 1 fully saturated rings. The van der Waals surface area contributed by atoms with Crippen molar-refractivity contribution in [3.05, 3.63) is 24.3 Å². The fourth-order valence-corrected chi connectivity index (χ4v) is 2.52. The maximum absolute atomic E-state index is 12.7. The van der Waals surface area contributed by atoms with Gasteiger partial charge in [0.15, 0.2) is 0 Å². The monoisotopic (exact) mass is 295 g/mol. The number of anilines is 1. The molecule has 0 spiro atoms. The standard InChI is InChI=1S/C14H22FN5O/c1-9-12(10(2)19-18-9)6-7-20(3)14(21)17-11-4-5-13(15)16-8-11/h4-5,8-10,12,18-19H,6-7H2,1-3H3,(H,17,21). The first-order chi connectivity index (χ1) is 9.97. The van der Waals surface area contributed by atoms with Crippen molar-refractivity contribution in [2.75, 3.05) is 18.9 Å². The smallest absolute Gasteiger partial charge is 0.321 e. The second kappa shape index (κ2) is 6.82. The molecule has 1 aliphatic heterocycles. The SMILES string of the molecule is CC1NNC(C)C1CCN(C)C(=O)Nc1ccc(F)nc1. The van der Waals surface area contributed by atoms with Crippen LogP contribution in [0, 0.1) is 11.9 Å². The van der Waals surface area contributed by atoms with E-state index in [2.05, 4.69) is 35.0 Å². The van der Waals surface area contributed by atoms with E-state index >= 15 is 0 Å². The second-order valence-corrected chi connectivity index (χ2v) is 5.54. The minimum atomic E-state index is -0.564. The molecule has 2 unspecified atom stereocenters. The second-order valence-electron chi connectivity index (χ2n) is 5.54. The molecule has 0 radical (unpaired) electrons. The molecular weight excluding hydrogens is 273 g/mol. The first-order valence-corrected chi connectivity index (χ1v) is 7.12. The quantitative estimate of drug-likeness (QED) is 0.738. The number of hydrazine groups is 1. The van der Waals surface area contributed by atoms with Gasteiger partial charge in [-0.1, -0.05) is 0 Å². The fourth-order valence-electron chi connectivity index (χ4n) is 2.52. The summed E-state index contributed by atoms with van der Waals surface area (Å²) >= 11 is 0. The van der Waals surface area contributed by atoms with Crippen LogP contribution in [0.5, 0.6) is 0 Å². The third kappa shape index (κ3) is 4.12. The van der Waals surface area contributed by atoms with Crippen LogP contribution in [0.15, 0.2) is 18.3 Å². The number of pyridine rings is 1. The number of rotatable bonds is 4. The van der Waals surface area contributed by atoms with Gasteiger partial charge >= 0.3 is 6.03 Å². The van der Waals surface area contributed by atoms with Gasteiger partial charge < -0.3 is 10.2 Å². The van der Waals surface area contributed by atoms with Gasteiger partial charge in [0, 0.05) is 25.7 Å². The summed E-state index contributed by atoms with van der Waals surface area (Å²) in [4.78, 5) is 17.2. The summed E-state index contributed by atoms with van der Waals surface area (Å²) in [6, 6.07) is 3.26. The first-order valence-electron chi connectivity index (χ1n) is 7.12. The molecule has 0 aromatic carbocycles. The maximum atomic E-state index is 12.7. The zero-order chi connectivity index (χ0) is 15.4. The number of urea groups is 1. The van der Waals surface area contributed by atoms with E-state index in [9.17, 15) is 9.18 Å². The molecule has 116 valence electrons. The van der Waals surface area contributed by atoms with Crippen molar-refractivity contribution in [3.63, 3.8) is 0 Å². The molecule has 1 aliphatic rings. The highest BCUT2D eigenvalue weighted by molar-refractivity contribution is 5.88. The molecule has 6 nitrogen and oxygen atoms in total. The highest BCUT2D eigenvalue weighted by Gasteiger charge is 2.29. The zero-order valence-corrected chi connectivity index (χ0v) is 12.6. The van der Waals surface area contributed by atoms with E-state index < -0.39 is 5.95 Å². The van der Waals surface area contributed by atoms with Gasteiger partial charge in [-0.3, -0.25) is 10.9 Å². The summed E-state index contributed by atoms with van der Waals surface area (Å²) in [5, 5.41) is 2.69. The summed E-state index contributed by atoms with van der Waals surface area (Å²) in [6.45, 7) is 4.92. The molecule has 2 heterocycles. The van der Waals surface area contributed by atoms with Gasteiger partial charge in [-0.25, -0.2) is 9.78 Å². The van der Waals surface area contributed by atoms with E-state index in [0.29, 0.717) is 30.2 Å². The van der Waals surface area contributed by atoms with Crippen LogP contribution in [0.4, 0.5) is 14.9 Å². The molecule has 2 rings (SSSR count). The van der Waals surface area contributed by atoms with Crippen LogP contribution in [-0.2, 0) is 0 Å². The third-order valence-corrected chi connectivity index (χ3v) is 3.95. The number of carbonyl (C=O) groups is 1. The largest absolute Gasteiger partial charge is 0.328 e. The van der Waals surface area contributed by atoms with Gasteiger partial charge in [-0.05, 0) is 38.3 Å². The Labute approximate surface area is 124 Å². The average Bonchev–Trinajstić information content (AvgIpc) is 2.78. The van der Waals surface area contributed by atoms with Crippen molar-refractivity contribution >= 4 is 11.7 Å². The van der Waals surface area contributed by atoms with Crippen molar-refractivity contribution in [2.45, 2.75) is 32.4 Å². The Morgan fingerprint density at radius 2 is 2.05 bits per heavy atom. The topological polar surface area (TPSA) is 69.3 Å². The molecular formula is C14H22FN5O. The average molecular weight is 295 g/mol. The Bertz CT molecular complexity index is 471. The summed E-state index contributed by atoms with van der Waals surface area (Å²) in [6.07, 6.45) is 2.21. The van der Waals surface area contributed by atoms with Crippen molar-refractivity contribution in [3.8, 4) is 0 Å². The van der Waals surface area contributed by atoms with Gasteiger partial charge in [0.05, 0.1) is 11.9 Å². The van der Waals surface area contributed by atoms with Gasteiger partial charge in [0.25, 0.3) is 0 Å². The Morgan fingerprint density at radius 1 is 1.38 bits per heavy atom. The van der Waals surface area contributed by atoms with E-state index in [0.717, 1.165) is 6.42 Å². The molecule has 1 aromatic heterocycles.